The van der Waals surface area contributed by atoms with Crippen molar-refractivity contribution in [3.63, 3.8) is 0 Å². The first-order valence-electron chi connectivity index (χ1n) is 2.19. The van der Waals surface area contributed by atoms with E-state index < -0.39 is 0 Å². The summed E-state index contributed by atoms with van der Waals surface area (Å²) < 4.78 is 0. The van der Waals surface area contributed by atoms with E-state index >= 15 is 0 Å². The highest BCUT2D eigenvalue weighted by Crippen LogP contribution is 2.09. The third kappa shape index (κ3) is 6.04. The third-order valence-electron chi connectivity index (χ3n) is 0.422. The van der Waals surface area contributed by atoms with Crippen molar-refractivity contribution in [3.05, 3.63) is 0 Å². The average Bonchev–Trinajstić information content (AvgIpc) is 1.30. The molecule has 0 saturated carbocycles. The van der Waals surface area contributed by atoms with Crippen molar-refractivity contribution in [1.82, 2.24) is 0 Å². The Morgan fingerprint density at radius 2 is 1.71 bits per heavy atom. The van der Waals surface area contributed by atoms with E-state index in [4.69, 9.17) is 0 Å². The van der Waals surface area contributed by atoms with E-state index in [1.807, 2.05) is 0 Å². The lowest BCUT2D eigenvalue weighted by Crippen LogP contribution is -1.98. The minimum absolute atomic E-state index is 0.142. The molecule has 40 valence electrons. The molecule has 0 aromatic heterocycles. The molecule has 0 unspecified atom stereocenters. The van der Waals surface area contributed by atoms with Crippen LogP contribution in [0.25, 0.3) is 0 Å². The normalized spacial score (nSPS) is 9.71. The zero-order valence-electron chi connectivity index (χ0n) is 4.88. The van der Waals surface area contributed by atoms with E-state index in [0.717, 1.165) is 0 Å². The van der Waals surface area contributed by atoms with Crippen LogP contribution in [0.15, 0.2) is 0 Å². The number of halogens is 1. The molecule has 0 aliphatic rings. The van der Waals surface area contributed by atoms with Crippen LogP contribution in [0, 0.1) is 16.2 Å². The second-order valence-electron chi connectivity index (χ2n) is 2.47. The Labute approximate surface area is 53.4 Å². The van der Waals surface area contributed by atoms with E-state index in [1.54, 1.807) is 0 Å². The SMILES string of the molecule is CC(C)(C)C#C[76Br]. The summed E-state index contributed by atoms with van der Waals surface area (Å²) in [5.74, 6) is 2.95. The van der Waals surface area contributed by atoms with Gasteiger partial charge < -0.3 is 0 Å². The number of hydrogen-bond donors (Lipinski definition) is 0. The van der Waals surface area contributed by atoms with Gasteiger partial charge in [0.2, 0.25) is 0 Å². The van der Waals surface area contributed by atoms with Gasteiger partial charge in [0.1, 0.15) is 0 Å². The molecule has 0 aliphatic heterocycles. The minimum Gasteiger partial charge on any atom is -0.0848 e. The molecule has 0 fully saturated rings. The highest BCUT2D eigenvalue weighted by molar-refractivity contribution is 9.12. The molecule has 0 bridgehead atoms. The Morgan fingerprint density at radius 1 is 1.29 bits per heavy atom. The van der Waals surface area contributed by atoms with Crippen LogP contribution in [0.5, 0.6) is 0 Å². The molecule has 0 amide bonds. The largest absolute Gasteiger partial charge is 0.0848 e. The molecule has 0 aromatic rings. The summed E-state index contributed by atoms with van der Waals surface area (Å²) in [4.78, 5) is 2.67. The van der Waals surface area contributed by atoms with Crippen LogP contribution in [0.1, 0.15) is 20.8 Å². The number of rotatable bonds is 0. The first-order chi connectivity index (χ1) is 3.06. The Morgan fingerprint density at radius 3 is 1.71 bits per heavy atom. The fourth-order valence-electron chi connectivity index (χ4n) is 0.142. The molecule has 1 heteroatoms. The zero-order chi connectivity index (χ0) is 5.91. The maximum absolute atomic E-state index is 3.02. The first-order valence-corrected chi connectivity index (χ1v) is 2.98. The van der Waals surface area contributed by atoms with Crippen molar-refractivity contribution in [1.29, 1.82) is 0 Å². The fourth-order valence-corrected chi connectivity index (χ4v) is 0.736. The lowest BCUT2D eigenvalue weighted by Gasteiger charge is -2.05. The van der Waals surface area contributed by atoms with Gasteiger partial charge in [-0.15, -0.1) is 0 Å². The molecule has 0 N–H and O–H groups in total. The molecule has 0 aromatic carbocycles. The van der Waals surface area contributed by atoms with E-state index in [1.165, 1.54) is 0 Å². The van der Waals surface area contributed by atoms with Crippen LogP contribution >= 0.6 is 15.9 Å². The molecule has 0 spiro atoms. The predicted molar refractivity (Wildman–Crippen MR) is 36.2 cm³/mol. The lowest BCUT2D eigenvalue weighted by molar-refractivity contribution is 0.571. The smallest absolute Gasteiger partial charge is 0.0239 e. The summed E-state index contributed by atoms with van der Waals surface area (Å²) in [6.07, 6.45) is 0. The van der Waals surface area contributed by atoms with Gasteiger partial charge in [-0.05, 0) is 25.6 Å². The van der Waals surface area contributed by atoms with Gasteiger partial charge in [-0.2, -0.15) is 0 Å². The Bertz CT molecular complexity index is 97.6. The molecule has 0 saturated heterocycles. The van der Waals surface area contributed by atoms with Gasteiger partial charge in [0.05, 0.1) is 0 Å². The second kappa shape index (κ2) is 2.37. The minimum atomic E-state index is 0.142. The molecular formula is C6H9Br. The maximum atomic E-state index is 3.02. The van der Waals surface area contributed by atoms with Gasteiger partial charge in [0.15, 0.2) is 0 Å². The van der Waals surface area contributed by atoms with E-state index in [2.05, 4.69) is 47.5 Å². The van der Waals surface area contributed by atoms with E-state index in [0.29, 0.717) is 0 Å². The molecule has 0 aliphatic carbocycles. The van der Waals surface area contributed by atoms with Crippen LogP contribution in [0.2, 0.25) is 0 Å². The molecule has 0 atom stereocenters. The van der Waals surface area contributed by atoms with Gasteiger partial charge >= 0.3 is 0 Å². The van der Waals surface area contributed by atoms with Gasteiger partial charge in [0.25, 0.3) is 0 Å². The summed E-state index contributed by atoms with van der Waals surface area (Å²) >= 11 is 3.02. The molecule has 0 radical (unpaired) electrons. The van der Waals surface area contributed by atoms with Crippen molar-refractivity contribution < 1.29 is 0 Å². The first kappa shape index (κ1) is 7.04. The van der Waals surface area contributed by atoms with Crippen molar-refractivity contribution in [2.45, 2.75) is 20.8 Å². The third-order valence-corrected chi connectivity index (χ3v) is 0.620. The molecule has 0 nitrogen and oxygen atoms in total. The topological polar surface area (TPSA) is 0 Å². The monoisotopic (exact) mass is 157 g/mol. The molecular weight excluding hydrogens is 148 g/mol. The van der Waals surface area contributed by atoms with Gasteiger partial charge in [0, 0.05) is 21.3 Å². The fraction of sp³-hybridized carbons (Fsp3) is 0.667. The van der Waals surface area contributed by atoms with Crippen molar-refractivity contribution in [2.75, 3.05) is 0 Å². The molecule has 7 heavy (non-hydrogen) atoms. The lowest BCUT2D eigenvalue weighted by atomic mass is 9.99. The second-order valence-corrected chi connectivity index (χ2v) is 2.87. The Hall–Kier alpha value is 0.0400. The van der Waals surface area contributed by atoms with Crippen LogP contribution in [0.3, 0.4) is 0 Å². The molecule has 0 heterocycles. The van der Waals surface area contributed by atoms with Crippen molar-refractivity contribution >= 4 is 15.9 Å². The van der Waals surface area contributed by atoms with Crippen LogP contribution < -0.4 is 0 Å². The van der Waals surface area contributed by atoms with E-state index in [-0.39, 0.29) is 5.41 Å². The summed E-state index contributed by atoms with van der Waals surface area (Å²) in [5, 5.41) is 0. The highest BCUT2D eigenvalue weighted by atomic mass is 75.9. The summed E-state index contributed by atoms with van der Waals surface area (Å²) in [5.41, 5.74) is 0.142. The van der Waals surface area contributed by atoms with Gasteiger partial charge in [-0.3, -0.25) is 0 Å². The Balaban J connectivity index is 3.72. The van der Waals surface area contributed by atoms with Gasteiger partial charge in [-0.25, -0.2) is 0 Å². The predicted octanol–water partition coefficient (Wildman–Crippen LogP) is 2.39. The summed E-state index contributed by atoms with van der Waals surface area (Å²) in [6, 6.07) is 0. The van der Waals surface area contributed by atoms with Crippen LogP contribution in [-0.4, -0.2) is 0 Å². The summed E-state index contributed by atoms with van der Waals surface area (Å²) in [6.45, 7) is 6.21. The van der Waals surface area contributed by atoms with Crippen molar-refractivity contribution in [3.8, 4) is 10.8 Å². The van der Waals surface area contributed by atoms with Crippen molar-refractivity contribution in [2.24, 2.45) is 5.41 Å². The Kier molecular flexibility index (Phi) is 2.39. The maximum Gasteiger partial charge on any atom is 0.0239 e. The quantitative estimate of drug-likeness (QED) is 0.473. The number of hydrogen-bond acceptors (Lipinski definition) is 0. The highest BCUT2D eigenvalue weighted by Gasteiger charge is 2.01. The average molecular weight is 157 g/mol. The standard InChI is InChI=1S/C6H9Br/c1-6(2,3)4-5-7/h1-3H3/i7-4. The van der Waals surface area contributed by atoms with Gasteiger partial charge in [-0.1, -0.05) is 5.92 Å². The van der Waals surface area contributed by atoms with Crippen LogP contribution in [-0.2, 0) is 0 Å². The summed E-state index contributed by atoms with van der Waals surface area (Å²) in [7, 11) is 0. The zero-order valence-corrected chi connectivity index (χ0v) is 6.46. The molecule has 0 rings (SSSR count). The van der Waals surface area contributed by atoms with Crippen LogP contribution in [0.4, 0.5) is 0 Å². The van der Waals surface area contributed by atoms with E-state index in [9.17, 15) is 0 Å².